The summed E-state index contributed by atoms with van der Waals surface area (Å²) in [6.45, 7) is 1.77. The van der Waals surface area contributed by atoms with Gasteiger partial charge in [0.15, 0.2) is 0 Å². The Balaban J connectivity index is 1.62. The molecule has 26 heavy (non-hydrogen) atoms. The third-order valence-corrected chi connectivity index (χ3v) is 7.83. The van der Waals surface area contributed by atoms with E-state index in [0.717, 1.165) is 18.7 Å². The highest BCUT2D eigenvalue weighted by Gasteiger charge is 2.49. The number of halogens is 2. The molecule has 0 aliphatic carbocycles. The van der Waals surface area contributed by atoms with Crippen LogP contribution in [-0.4, -0.2) is 44.3 Å². The quantitative estimate of drug-likeness (QED) is 0.801. The zero-order valence-corrected chi connectivity index (χ0v) is 15.9. The summed E-state index contributed by atoms with van der Waals surface area (Å²) < 4.78 is 40.8. The maximum atomic E-state index is 13.3. The van der Waals surface area contributed by atoms with Gasteiger partial charge in [-0.2, -0.15) is 4.31 Å². The Hall–Kier alpha value is -1.47. The van der Waals surface area contributed by atoms with Crippen LogP contribution in [0.15, 0.2) is 53.4 Å². The first-order valence-electron chi connectivity index (χ1n) is 8.58. The van der Waals surface area contributed by atoms with Crippen LogP contribution in [0.1, 0.15) is 11.6 Å². The first kappa shape index (κ1) is 17.9. The van der Waals surface area contributed by atoms with Gasteiger partial charge in [0.25, 0.3) is 0 Å². The minimum absolute atomic E-state index is 0.0230. The van der Waals surface area contributed by atoms with Crippen LogP contribution in [0.4, 0.5) is 4.39 Å². The summed E-state index contributed by atoms with van der Waals surface area (Å²) >= 11 is 6.01. The monoisotopic (exact) mass is 394 g/mol. The van der Waals surface area contributed by atoms with Crippen molar-refractivity contribution in [3.8, 4) is 0 Å². The Bertz CT molecular complexity index is 922. The van der Waals surface area contributed by atoms with Gasteiger partial charge in [0.1, 0.15) is 10.7 Å². The highest BCUT2D eigenvalue weighted by atomic mass is 35.5. The molecule has 2 heterocycles. The van der Waals surface area contributed by atoms with Crippen LogP contribution in [0.3, 0.4) is 0 Å². The lowest BCUT2D eigenvalue weighted by Gasteiger charge is -2.26. The average Bonchev–Trinajstić information content (AvgIpc) is 3.12. The number of benzene rings is 2. The van der Waals surface area contributed by atoms with Gasteiger partial charge in [-0.25, -0.2) is 12.8 Å². The Morgan fingerprint density at radius 2 is 1.81 bits per heavy atom. The van der Waals surface area contributed by atoms with Gasteiger partial charge in [0, 0.05) is 25.7 Å². The minimum Gasteiger partial charge on any atom is -0.299 e. The van der Waals surface area contributed by atoms with Crippen molar-refractivity contribution in [2.75, 3.05) is 26.7 Å². The van der Waals surface area contributed by atoms with Crippen molar-refractivity contribution < 1.29 is 12.8 Å². The maximum absolute atomic E-state index is 13.3. The van der Waals surface area contributed by atoms with E-state index < -0.39 is 15.8 Å². The fraction of sp³-hybridized carbons (Fsp3) is 0.368. The van der Waals surface area contributed by atoms with E-state index in [9.17, 15) is 12.8 Å². The molecular weight excluding hydrogens is 375 g/mol. The van der Waals surface area contributed by atoms with Gasteiger partial charge in [-0.3, -0.25) is 4.90 Å². The molecule has 0 N–H and O–H groups in total. The van der Waals surface area contributed by atoms with E-state index in [4.69, 9.17) is 11.6 Å². The molecule has 138 valence electrons. The molecule has 2 aromatic rings. The summed E-state index contributed by atoms with van der Waals surface area (Å²) in [4.78, 5) is 2.28. The highest BCUT2D eigenvalue weighted by Crippen LogP contribution is 2.45. The predicted octanol–water partition coefficient (Wildman–Crippen LogP) is 3.40. The summed E-state index contributed by atoms with van der Waals surface area (Å²) in [7, 11) is -1.65. The zero-order valence-electron chi connectivity index (χ0n) is 14.3. The third-order valence-electron chi connectivity index (χ3n) is 5.51. The van der Waals surface area contributed by atoms with E-state index >= 15 is 0 Å². The van der Waals surface area contributed by atoms with Crippen LogP contribution >= 0.6 is 11.6 Å². The normalized spacial score (nSPS) is 27.0. The van der Waals surface area contributed by atoms with Crippen molar-refractivity contribution in [1.82, 2.24) is 9.21 Å². The molecule has 0 bridgehead atoms. The molecule has 4 rings (SSSR count). The largest absolute Gasteiger partial charge is 0.299 e. The highest BCUT2D eigenvalue weighted by molar-refractivity contribution is 7.89. The van der Waals surface area contributed by atoms with Crippen molar-refractivity contribution in [3.63, 3.8) is 0 Å². The van der Waals surface area contributed by atoms with Gasteiger partial charge < -0.3 is 0 Å². The second kappa shape index (κ2) is 6.60. The topological polar surface area (TPSA) is 40.6 Å². The van der Waals surface area contributed by atoms with Crippen LogP contribution in [0, 0.1) is 17.7 Å². The molecule has 2 saturated heterocycles. The Morgan fingerprint density at radius 3 is 2.50 bits per heavy atom. The standard InChI is InChI=1S/C19H20ClFN2O2S/c1-22-10-14-11-23(12-16(14)19(22)13-5-3-2-4-6-13)26(24,25)18-8-7-15(21)9-17(18)20/h2-9,14,16,19H,10-12H2,1H3/t14-,16+,19-/m0/s1. The lowest BCUT2D eigenvalue weighted by Crippen LogP contribution is -2.33. The molecule has 3 atom stereocenters. The second-order valence-corrected chi connectivity index (χ2v) is 9.43. The van der Waals surface area contributed by atoms with E-state index in [0.29, 0.717) is 13.1 Å². The summed E-state index contributed by atoms with van der Waals surface area (Å²) in [5.74, 6) is -0.0337. The molecule has 4 nitrogen and oxygen atoms in total. The van der Waals surface area contributed by atoms with Gasteiger partial charge in [-0.05, 0) is 42.6 Å². The SMILES string of the molecule is CN1C[C@H]2CN(S(=O)(=O)c3ccc(F)cc3Cl)C[C@H]2[C@@H]1c1ccccc1. The van der Waals surface area contributed by atoms with Crippen molar-refractivity contribution in [2.45, 2.75) is 10.9 Å². The van der Waals surface area contributed by atoms with E-state index in [1.54, 1.807) is 0 Å². The summed E-state index contributed by atoms with van der Waals surface area (Å²) in [5.41, 5.74) is 1.21. The minimum atomic E-state index is -3.74. The molecule has 0 saturated carbocycles. The Morgan fingerprint density at radius 1 is 1.08 bits per heavy atom. The first-order chi connectivity index (χ1) is 12.4. The molecule has 0 amide bonds. The number of fused-ring (bicyclic) bond motifs is 1. The van der Waals surface area contributed by atoms with Crippen LogP contribution in [0.25, 0.3) is 0 Å². The molecule has 0 spiro atoms. The van der Waals surface area contributed by atoms with Crippen LogP contribution in [0.5, 0.6) is 0 Å². The Kier molecular flexibility index (Phi) is 4.55. The number of hydrogen-bond donors (Lipinski definition) is 0. The van der Waals surface area contributed by atoms with Gasteiger partial charge in [0.05, 0.1) is 5.02 Å². The van der Waals surface area contributed by atoms with E-state index in [1.165, 1.54) is 15.9 Å². The van der Waals surface area contributed by atoms with E-state index in [1.807, 2.05) is 18.2 Å². The van der Waals surface area contributed by atoms with Gasteiger partial charge in [-0.15, -0.1) is 0 Å². The van der Waals surface area contributed by atoms with E-state index in [-0.39, 0.29) is 27.8 Å². The van der Waals surface area contributed by atoms with Gasteiger partial charge in [-0.1, -0.05) is 41.9 Å². The average molecular weight is 395 g/mol. The lowest BCUT2D eigenvalue weighted by molar-refractivity contribution is 0.261. The smallest absolute Gasteiger partial charge is 0.244 e. The maximum Gasteiger partial charge on any atom is 0.244 e. The molecular formula is C19H20ClFN2O2S. The molecule has 2 aliphatic heterocycles. The number of hydrogen-bond acceptors (Lipinski definition) is 3. The molecule has 0 radical (unpaired) electrons. The zero-order chi connectivity index (χ0) is 18.5. The second-order valence-electron chi connectivity index (χ2n) is 7.12. The van der Waals surface area contributed by atoms with Crippen molar-refractivity contribution in [2.24, 2.45) is 11.8 Å². The van der Waals surface area contributed by atoms with E-state index in [2.05, 4.69) is 24.1 Å². The van der Waals surface area contributed by atoms with Crippen molar-refractivity contribution in [3.05, 3.63) is 64.9 Å². The molecule has 2 aromatic carbocycles. The summed E-state index contributed by atoms with van der Waals surface area (Å²) in [6.07, 6.45) is 0. The number of sulfonamides is 1. The molecule has 0 aromatic heterocycles. The third kappa shape index (κ3) is 2.95. The van der Waals surface area contributed by atoms with Gasteiger partial charge >= 0.3 is 0 Å². The molecule has 7 heteroatoms. The predicted molar refractivity (Wildman–Crippen MR) is 99.0 cm³/mol. The van der Waals surface area contributed by atoms with Crippen LogP contribution in [0.2, 0.25) is 5.02 Å². The molecule has 0 unspecified atom stereocenters. The molecule has 2 aliphatic rings. The lowest BCUT2D eigenvalue weighted by atomic mass is 9.90. The summed E-state index contributed by atoms with van der Waals surface area (Å²) in [6, 6.07) is 13.8. The summed E-state index contributed by atoms with van der Waals surface area (Å²) in [5, 5.41) is -0.0706. The number of nitrogens with zero attached hydrogens (tertiary/aromatic N) is 2. The molecule has 2 fully saturated rings. The first-order valence-corrected chi connectivity index (χ1v) is 10.4. The van der Waals surface area contributed by atoms with Crippen LogP contribution < -0.4 is 0 Å². The van der Waals surface area contributed by atoms with Crippen molar-refractivity contribution >= 4 is 21.6 Å². The van der Waals surface area contributed by atoms with Crippen LogP contribution in [-0.2, 0) is 10.0 Å². The number of likely N-dealkylation sites (tertiary alicyclic amines) is 1. The fourth-order valence-corrected chi connectivity index (χ4v) is 6.43. The van der Waals surface area contributed by atoms with Gasteiger partial charge in [0.2, 0.25) is 10.0 Å². The van der Waals surface area contributed by atoms with Crippen molar-refractivity contribution in [1.29, 1.82) is 0 Å². The fourth-order valence-electron chi connectivity index (χ4n) is 4.39. The Labute approximate surface area is 158 Å². The number of rotatable bonds is 3.